The summed E-state index contributed by atoms with van der Waals surface area (Å²) in [7, 11) is 11.4. The Kier molecular flexibility index (Phi) is 30.7. The van der Waals surface area contributed by atoms with Crippen LogP contribution >= 0.6 is 11.6 Å². The van der Waals surface area contributed by atoms with E-state index in [0.29, 0.717) is 82.2 Å². The van der Waals surface area contributed by atoms with Crippen molar-refractivity contribution in [1.29, 1.82) is 0 Å². The van der Waals surface area contributed by atoms with E-state index in [4.69, 9.17) is 16.3 Å². The standard InChI is InChI=1S/C79H117ClF3N13O13/c1-13-50(4)67-75(106)89(6)48-66(99)96-38-33-59(96)73(104)92(9)62(42-51-25-17-14-18-26-51)72(103)88(5)47-64(97)85-58(32-30-52-29-31-56(57(80)41-52)79(81,82)83)71(102)91(8)61(43-53-40-55(109-12)46-84-45-53)70(101)87-78(34-21-22-35-78)77(108)94(11)68(54-27-19-15-20-28-54)76(107)93(10)63(74(105)95-36-23-16-24-37-95)44-65(98)90(7)60(39-49(2)3)69(100)86-67/h29,31,40-41,45-46,49-51,54,58-63,67-68H,13-28,30,32-39,42-44,47-48H2,1-12H3,(H,85,97)(H,86,100)(H,87,101)/t50-,58-,59-,60-,61-,62-,63-,67-,68-/m0/s1. The molecule has 4 heterocycles. The van der Waals surface area contributed by atoms with E-state index < -0.39 is 173 Å². The molecule has 8 rings (SSSR count). The molecule has 3 saturated carbocycles. The number of methoxy groups -OCH3 is 1. The van der Waals surface area contributed by atoms with Crippen LogP contribution in [0, 0.1) is 23.7 Å². The topological polar surface area (TPSA) is 292 Å². The number of aryl methyl sites for hydroxylation is 1. The predicted molar refractivity (Wildman–Crippen MR) is 402 cm³/mol. The molecule has 3 aliphatic heterocycles. The zero-order chi connectivity index (χ0) is 79.9. The van der Waals surface area contributed by atoms with Gasteiger partial charge in [0.2, 0.25) is 70.9 Å². The van der Waals surface area contributed by atoms with E-state index in [9.17, 15) is 32.3 Å². The fraction of sp³-hybridized carbons (Fsp3) is 0.709. The average Bonchev–Trinajstić information content (AvgIpc) is 1.74. The molecule has 2 aromatic rings. The summed E-state index contributed by atoms with van der Waals surface area (Å²) in [6.07, 6.45) is 8.75. The van der Waals surface area contributed by atoms with Crippen LogP contribution in [0.15, 0.2) is 36.7 Å². The highest BCUT2D eigenvalue weighted by Crippen LogP contribution is 2.39. The Hall–Kier alpha value is -8.11. The molecule has 0 radical (unpaired) electrons. The molecule has 604 valence electrons. The van der Waals surface area contributed by atoms with Gasteiger partial charge in [-0.15, -0.1) is 0 Å². The lowest BCUT2D eigenvalue weighted by atomic mass is 9.81. The van der Waals surface area contributed by atoms with Crippen LogP contribution in [0.3, 0.4) is 0 Å². The molecule has 6 fully saturated rings. The molecule has 6 aliphatic rings. The molecule has 26 nitrogen and oxygen atoms in total. The van der Waals surface area contributed by atoms with Gasteiger partial charge in [-0.2, -0.15) is 13.2 Å². The molecule has 0 unspecified atom stereocenters. The van der Waals surface area contributed by atoms with Gasteiger partial charge in [0, 0.05) is 81.6 Å². The largest absolute Gasteiger partial charge is 0.495 e. The number of carbonyl (C=O) groups excluding carboxylic acids is 12. The van der Waals surface area contributed by atoms with E-state index in [1.807, 2.05) is 20.8 Å². The smallest absolute Gasteiger partial charge is 0.417 e. The van der Waals surface area contributed by atoms with Crippen LogP contribution in [0.4, 0.5) is 13.2 Å². The van der Waals surface area contributed by atoms with E-state index in [0.717, 1.165) is 66.9 Å². The average molecular weight is 1550 g/mol. The van der Waals surface area contributed by atoms with Gasteiger partial charge in [0.1, 0.15) is 59.6 Å². The maximum Gasteiger partial charge on any atom is 0.417 e. The number of likely N-dealkylation sites (tertiary alicyclic amines) is 1. The van der Waals surface area contributed by atoms with Crippen molar-refractivity contribution >= 4 is 82.5 Å². The van der Waals surface area contributed by atoms with Gasteiger partial charge in [-0.3, -0.25) is 62.5 Å². The highest BCUT2D eigenvalue weighted by Gasteiger charge is 2.52. The molecule has 12 amide bonds. The number of pyridine rings is 1. The Morgan fingerprint density at radius 3 is 1.86 bits per heavy atom. The number of benzene rings is 1. The van der Waals surface area contributed by atoms with Crippen molar-refractivity contribution < 1.29 is 75.4 Å². The number of likely N-dealkylation sites (N-methyl/N-ethyl adjacent to an activating group) is 7. The quantitative estimate of drug-likeness (QED) is 0.171. The maximum atomic E-state index is 16.1. The maximum absolute atomic E-state index is 16.1. The van der Waals surface area contributed by atoms with Crippen LogP contribution in [0.1, 0.15) is 192 Å². The number of piperidine rings is 1. The first-order chi connectivity index (χ1) is 51.6. The number of halogens is 4. The van der Waals surface area contributed by atoms with E-state index in [1.54, 1.807) is 17.9 Å². The summed E-state index contributed by atoms with van der Waals surface area (Å²) in [4.78, 5) is 199. The third-order valence-corrected chi connectivity index (χ3v) is 24.2. The summed E-state index contributed by atoms with van der Waals surface area (Å²) in [5.74, 6) is -8.80. The summed E-state index contributed by atoms with van der Waals surface area (Å²) in [6.45, 7) is 7.05. The summed E-state index contributed by atoms with van der Waals surface area (Å²) in [5, 5.41) is 8.21. The van der Waals surface area contributed by atoms with Crippen molar-refractivity contribution in [1.82, 2.24) is 65.0 Å². The van der Waals surface area contributed by atoms with Crippen LogP contribution in [-0.4, -0.2) is 263 Å². The van der Waals surface area contributed by atoms with Crippen LogP contribution < -0.4 is 20.7 Å². The first kappa shape index (κ1) is 86.5. The summed E-state index contributed by atoms with van der Waals surface area (Å²) >= 11 is 6.23. The molecule has 30 heteroatoms. The van der Waals surface area contributed by atoms with Gasteiger partial charge >= 0.3 is 6.18 Å². The molecular weight excluding hydrogens is 1430 g/mol. The molecule has 3 N–H and O–H groups in total. The van der Waals surface area contributed by atoms with Crippen molar-refractivity contribution in [2.24, 2.45) is 23.7 Å². The summed E-state index contributed by atoms with van der Waals surface area (Å²) in [5.41, 5.74) is -2.12. The van der Waals surface area contributed by atoms with Crippen molar-refractivity contribution in [3.63, 3.8) is 0 Å². The lowest BCUT2D eigenvalue weighted by Crippen LogP contribution is -2.66. The lowest BCUT2D eigenvalue weighted by molar-refractivity contribution is -0.158. The molecule has 3 aliphatic carbocycles. The van der Waals surface area contributed by atoms with Gasteiger partial charge in [-0.1, -0.05) is 116 Å². The van der Waals surface area contributed by atoms with Gasteiger partial charge in [-0.05, 0) is 130 Å². The van der Waals surface area contributed by atoms with E-state index in [-0.39, 0.29) is 75.3 Å². The number of carbonyl (C=O) groups is 12. The SMILES string of the molecule is CC[C@H](C)[C@@H]1NC(=O)[C@H](CC(C)C)N(C)C(=O)C[C@@H](C(=O)N2CCCCC2)N(C)C(=O)[C@H](C2CCCCC2)N(C)C(=O)C2(CCCC2)NC(=O)[C@H](Cc2cncc(OC)c2)N(C)C(=O)[C@H](CCc2ccc(C(F)(F)F)c(Cl)c2)NC(=O)CN(C)C(=O)[C@H](CC2CCCCC2)N(C)C(=O)[C@@H]2CCN2C(=O)CN(C)C1=O. The zero-order valence-electron chi connectivity index (χ0n) is 65.9. The monoisotopic (exact) mass is 1550 g/mol. The molecule has 0 bridgehead atoms. The number of rotatable bonds is 14. The third kappa shape index (κ3) is 21.5. The van der Waals surface area contributed by atoms with Gasteiger partial charge in [0.05, 0.1) is 43.4 Å². The minimum Gasteiger partial charge on any atom is -0.495 e. The predicted octanol–water partition coefficient (Wildman–Crippen LogP) is 7.05. The second kappa shape index (κ2) is 38.7. The number of fused-ring (bicyclic) bond motifs is 1. The van der Waals surface area contributed by atoms with Crippen LogP contribution in [0.5, 0.6) is 5.75 Å². The van der Waals surface area contributed by atoms with Crippen LogP contribution in [0.2, 0.25) is 5.02 Å². The Balaban J connectivity index is 1.23. The number of hydrogen-bond donors (Lipinski definition) is 3. The Bertz CT molecular complexity index is 3580. The number of ether oxygens (including phenoxy) is 1. The molecular formula is C79H117ClF3N13O13. The molecule has 1 aromatic carbocycles. The number of nitrogens with one attached hydrogen (secondary N) is 3. The van der Waals surface area contributed by atoms with E-state index >= 15 is 38.4 Å². The van der Waals surface area contributed by atoms with E-state index in [2.05, 4.69) is 20.9 Å². The van der Waals surface area contributed by atoms with Crippen molar-refractivity contribution in [2.75, 3.05) is 89.2 Å². The highest BCUT2D eigenvalue weighted by atomic mass is 35.5. The molecule has 3 saturated heterocycles. The van der Waals surface area contributed by atoms with E-state index in [1.165, 1.54) is 104 Å². The minimum atomic E-state index is -4.79. The van der Waals surface area contributed by atoms with Crippen LogP contribution in [0.25, 0.3) is 0 Å². The molecule has 1 spiro atoms. The third-order valence-electron chi connectivity index (χ3n) is 23.8. The Labute approximate surface area is 645 Å². The first-order valence-corrected chi connectivity index (χ1v) is 39.7. The highest BCUT2D eigenvalue weighted by molar-refractivity contribution is 6.31. The van der Waals surface area contributed by atoms with Crippen LogP contribution in [-0.2, 0) is 76.6 Å². The fourth-order valence-corrected chi connectivity index (χ4v) is 17.1. The van der Waals surface area contributed by atoms with Gasteiger partial charge in [0.15, 0.2) is 0 Å². The number of nitrogens with zero attached hydrogens (tertiary/aromatic N) is 10. The van der Waals surface area contributed by atoms with Crippen molar-refractivity contribution in [2.45, 2.75) is 248 Å². The summed E-state index contributed by atoms with van der Waals surface area (Å²) < 4.78 is 47.7. The van der Waals surface area contributed by atoms with Crippen molar-refractivity contribution in [3.8, 4) is 5.75 Å². The molecule has 9 atom stereocenters. The Morgan fingerprint density at radius 1 is 0.642 bits per heavy atom. The van der Waals surface area contributed by atoms with Crippen molar-refractivity contribution in [3.05, 3.63) is 58.4 Å². The number of aromatic nitrogens is 1. The molecule has 109 heavy (non-hydrogen) atoms. The first-order valence-electron chi connectivity index (χ1n) is 39.3. The normalized spacial score (nSPS) is 26.2. The fourth-order valence-electron chi connectivity index (χ4n) is 16.8. The van der Waals surface area contributed by atoms with Gasteiger partial charge < -0.3 is 64.8 Å². The second-order valence-electron chi connectivity index (χ2n) is 32.0. The number of alkyl halides is 3. The second-order valence-corrected chi connectivity index (χ2v) is 32.4. The zero-order valence-corrected chi connectivity index (χ0v) is 66.7. The van der Waals surface area contributed by atoms with Gasteiger partial charge in [-0.25, -0.2) is 0 Å². The number of amides is 12. The summed E-state index contributed by atoms with van der Waals surface area (Å²) in [6, 6.07) is -5.59. The number of hydrogen-bond acceptors (Lipinski definition) is 14. The molecule has 1 aromatic heterocycles. The lowest BCUT2D eigenvalue weighted by Gasteiger charge is -2.44. The Morgan fingerprint density at radius 2 is 1.27 bits per heavy atom. The minimum absolute atomic E-state index is 0.000888. The van der Waals surface area contributed by atoms with Gasteiger partial charge in [0.25, 0.3) is 0 Å².